The molecule has 5 nitrogen and oxygen atoms in total. The molecular formula is C20H19NO4. The molecule has 0 aliphatic carbocycles. The van der Waals surface area contributed by atoms with Crippen molar-refractivity contribution < 1.29 is 15.0 Å². The summed E-state index contributed by atoms with van der Waals surface area (Å²) < 4.78 is 0. The monoisotopic (exact) mass is 337 g/mol. The van der Waals surface area contributed by atoms with Crippen molar-refractivity contribution in [3.05, 3.63) is 70.5 Å². The Bertz CT molecular complexity index is 1010. The summed E-state index contributed by atoms with van der Waals surface area (Å²) in [7, 11) is 0. The van der Waals surface area contributed by atoms with E-state index in [1.54, 1.807) is 19.9 Å². The van der Waals surface area contributed by atoms with E-state index in [1.807, 2.05) is 42.5 Å². The highest BCUT2D eigenvalue weighted by molar-refractivity contribution is 5.86. The quantitative estimate of drug-likeness (QED) is 0.682. The summed E-state index contributed by atoms with van der Waals surface area (Å²) in [5.41, 5.74) is -1.62. The van der Waals surface area contributed by atoms with E-state index in [9.17, 15) is 19.8 Å². The molecule has 0 amide bonds. The fraction of sp³-hybridized carbons (Fsp3) is 0.200. The smallest absolute Gasteiger partial charge is 0.340 e. The lowest BCUT2D eigenvalue weighted by molar-refractivity contribution is -0.165. The lowest BCUT2D eigenvalue weighted by Gasteiger charge is -2.27. The molecular weight excluding hydrogens is 318 g/mol. The number of carboxylic acids is 1. The molecule has 0 aliphatic rings. The molecule has 3 aromatic rings. The van der Waals surface area contributed by atoms with Gasteiger partial charge < -0.3 is 15.2 Å². The molecule has 0 radical (unpaired) electrons. The van der Waals surface area contributed by atoms with Crippen molar-refractivity contribution in [3.8, 4) is 11.3 Å². The highest BCUT2D eigenvalue weighted by atomic mass is 16.4. The second kappa shape index (κ2) is 6.18. The molecule has 0 saturated heterocycles. The molecule has 3 N–H and O–H groups in total. The Balaban J connectivity index is 2.10. The molecule has 0 fully saturated rings. The van der Waals surface area contributed by atoms with Crippen LogP contribution in [0.25, 0.3) is 22.0 Å². The molecule has 1 aromatic heterocycles. The average Bonchev–Trinajstić information content (AvgIpc) is 2.60. The fourth-order valence-corrected chi connectivity index (χ4v) is 2.97. The van der Waals surface area contributed by atoms with Crippen LogP contribution in [0.1, 0.15) is 19.4 Å². The van der Waals surface area contributed by atoms with Gasteiger partial charge >= 0.3 is 5.97 Å². The predicted octanol–water partition coefficient (Wildman–Crippen LogP) is 3.12. The number of benzene rings is 2. The van der Waals surface area contributed by atoms with Crippen LogP contribution in [0.15, 0.2) is 59.4 Å². The normalized spacial score (nSPS) is 13.8. The highest BCUT2D eigenvalue weighted by Crippen LogP contribution is 2.29. The van der Waals surface area contributed by atoms with Gasteiger partial charge in [-0.1, -0.05) is 50.2 Å². The summed E-state index contributed by atoms with van der Waals surface area (Å²) in [5, 5.41) is 22.0. The first kappa shape index (κ1) is 16.9. The Morgan fingerprint density at radius 3 is 2.32 bits per heavy atom. The third-order valence-corrected chi connectivity index (χ3v) is 4.54. The third-order valence-electron chi connectivity index (χ3n) is 4.54. The summed E-state index contributed by atoms with van der Waals surface area (Å²) in [6.07, 6.45) is 0. The molecule has 128 valence electrons. The molecule has 5 heteroatoms. The minimum absolute atomic E-state index is 0.167. The number of carboxylic acid groups (broad SMARTS) is 1. The summed E-state index contributed by atoms with van der Waals surface area (Å²) in [6, 6.07) is 16.7. The maximum atomic E-state index is 12.5. The van der Waals surface area contributed by atoms with Gasteiger partial charge in [0.2, 0.25) is 0 Å². The van der Waals surface area contributed by atoms with Crippen LogP contribution in [-0.4, -0.2) is 21.2 Å². The van der Waals surface area contributed by atoms with Gasteiger partial charge in [0.25, 0.3) is 5.56 Å². The van der Waals surface area contributed by atoms with Gasteiger partial charge in [0.05, 0.1) is 5.56 Å². The van der Waals surface area contributed by atoms with Crippen LogP contribution in [0, 0.1) is 5.92 Å². The second-order valence-corrected chi connectivity index (χ2v) is 6.40. The minimum Gasteiger partial charge on any atom is -0.479 e. The summed E-state index contributed by atoms with van der Waals surface area (Å²) in [5.74, 6) is -2.09. The van der Waals surface area contributed by atoms with Gasteiger partial charge in [-0.15, -0.1) is 0 Å². The van der Waals surface area contributed by atoms with Crippen molar-refractivity contribution in [2.75, 3.05) is 0 Å². The van der Waals surface area contributed by atoms with Gasteiger partial charge in [-0.2, -0.15) is 0 Å². The lowest BCUT2D eigenvalue weighted by atomic mass is 9.84. The summed E-state index contributed by atoms with van der Waals surface area (Å²) in [4.78, 5) is 26.7. The van der Waals surface area contributed by atoms with Gasteiger partial charge in [0.15, 0.2) is 5.60 Å². The zero-order valence-electron chi connectivity index (χ0n) is 14.0. The molecule has 0 spiro atoms. The van der Waals surface area contributed by atoms with E-state index >= 15 is 0 Å². The maximum Gasteiger partial charge on any atom is 0.340 e. The van der Waals surface area contributed by atoms with Crippen LogP contribution in [0.4, 0.5) is 0 Å². The van der Waals surface area contributed by atoms with Gasteiger partial charge in [-0.25, -0.2) is 4.79 Å². The van der Waals surface area contributed by atoms with Gasteiger partial charge in [-0.05, 0) is 40.5 Å². The van der Waals surface area contributed by atoms with Crippen LogP contribution in [0.5, 0.6) is 0 Å². The second-order valence-electron chi connectivity index (χ2n) is 6.40. The molecule has 1 heterocycles. The number of fused-ring (bicyclic) bond motifs is 1. The number of H-pyrrole nitrogens is 1. The predicted molar refractivity (Wildman–Crippen MR) is 96.4 cm³/mol. The number of pyridine rings is 1. The molecule has 2 aromatic carbocycles. The zero-order valence-corrected chi connectivity index (χ0v) is 14.0. The van der Waals surface area contributed by atoms with Crippen LogP contribution in [0.2, 0.25) is 0 Å². The molecule has 3 rings (SSSR count). The van der Waals surface area contributed by atoms with Crippen molar-refractivity contribution in [1.29, 1.82) is 0 Å². The van der Waals surface area contributed by atoms with Crippen molar-refractivity contribution in [1.82, 2.24) is 4.98 Å². The fourth-order valence-electron chi connectivity index (χ4n) is 2.97. The standard InChI is InChI=1S/C20H19NO4/c1-12(2)20(25,19(23)24)16-9-10-17(21-18(16)22)15-8-7-13-5-3-4-6-14(13)11-15/h3-12,25H,1-2H3,(H,21,22)(H,23,24). The van der Waals surface area contributed by atoms with Crippen molar-refractivity contribution in [2.45, 2.75) is 19.4 Å². The van der Waals surface area contributed by atoms with Gasteiger partial charge in [0.1, 0.15) is 0 Å². The topological polar surface area (TPSA) is 90.4 Å². The summed E-state index contributed by atoms with van der Waals surface area (Å²) >= 11 is 0. The van der Waals surface area contributed by atoms with E-state index in [0.717, 1.165) is 16.3 Å². The number of carbonyl (C=O) groups is 1. The summed E-state index contributed by atoms with van der Waals surface area (Å²) in [6.45, 7) is 3.12. The molecule has 0 saturated carbocycles. The maximum absolute atomic E-state index is 12.5. The van der Waals surface area contributed by atoms with Crippen LogP contribution < -0.4 is 5.56 Å². The number of hydrogen-bond acceptors (Lipinski definition) is 3. The van der Waals surface area contributed by atoms with E-state index in [0.29, 0.717) is 5.69 Å². The lowest BCUT2D eigenvalue weighted by Crippen LogP contribution is -2.44. The first-order chi connectivity index (χ1) is 11.8. The van der Waals surface area contributed by atoms with E-state index in [4.69, 9.17) is 0 Å². The van der Waals surface area contributed by atoms with Crippen LogP contribution in [0.3, 0.4) is 0 Å². The van der Waals surface area contributed by atoms with Gasteiger partial charge in [-0.3, -0.25) is 4.79 Å². The van der Waals surface area contributed by atoms with E-state index < -0.39 is 23.0 Å². The molecule has 0 bridgehead atoms. The number of aromatic amines is 1. The van der Waals surface area contributed by atoms with E-state index in [-0.39, 0.29) is 5.56 Å². The molecule has 25 heavy (non-hydrogen) atoms. The number of aromatic nitrogens is 1. The molecule has 1 unspecified atom stereocenters. The number of aliphatic carboxylic acids is 1. The van der Waals surface area contributed by atoms with Crippen molar-refractivity contribution in [3.63, 3.8) is 0 Å². The van der Waals surface area contributed by atoms with Crippen LogP contribution in [-0.2, 0) is 10.4 Å². The Hall–Kier alpha value is -2.92. The van der Waals surface area contributed by atoms with Crippen molar-refractivity contribution >= 4 is 16.7 Å². The number of nitrogens with one attached hydrogen (secondary N) is 1. The Kier molecular flexibility index (Phi) is 4.18. The van der Waals surface area contributed by atoms with Crippen molar-refractivity contribution in [2.24, 2.45) is 5.92 Å². The number of rotatable bonds is 4. The highest BCUT2D eigenvalue weighted by Gasteiger charge is 2.43. The average molecular weight is 337 g/mol. The van der Waals surface area contributed by atoms with E-state index in [1.165, 1.54) is 6.07 Å². The largest absolute Gasteiger partial charge is 0.479 e. The van der Waals surface area contributed by atoms with Gasteiger partial charge in [0, 0.05) is 5.69 Å². The first-order valence-electron chi connectivity index (χ1n) is 8.02. The first-order valence-corrected chi connectivity index (χ1v) is 8.02. The Labute approximate surface area is 144 Å². The molecule has 0 aliphatic heterocycles. The Morgan fingerprint density at radius 1 is 1.04 bits per heavy atom. The van der Waals surface area contributed by atoms with E-state index in [2.05, 4.69) is 4.98 Å². The zero-order chi connectivity index (χ0) is 18.2. The SMILES string of the molecule is CC(C)C(O)(C(=O)O)c1ccc(-c2ccc3ccccc3c2)[nH]c1=O. The molecule has 1 atom stereocenters. The number of hydrogen-bond donors (Lipinski definition) is 3. The minimum atomic E-state index is -2.23. The van der Waals surface area contributed by atoms with Crippen LogP contribution >= 0.6 is 0 Å². The Morgan fingerprint density at radius 2 is 1.72 bits per heavy atom. The third kappa shape index (κ3) is 2.83. The number of aliphatic hydroxyl groups is 1.